The largest absolute Gasteiger partial charge is 0.348 e. The van der Waals surface area contributed by atoms with E-state index in [0.29, 0.717) is 4.47 Å². The van der Waals surface area contributed by atoms with E-state index >= 15 is 0 Å². The highest BCUT2D eigenvalue weighted by molar-refractivity contribution is 9.10. The minimum Gasteiger partial charge on any atom is -0.348 e. The van der Waals surface area contributed by atoms with Crippen LogP contribution in [-0.2, 0) is 6.54 Å². The van der Waals surface area contributed by atoms with Crippen molar-refractivity contribution in [2.75, 3.05) is 0 Å². The van der Waals surface area contributed by atoms with Crippen molar-refractivity contribution in [3.05, 3.63) is 69.7 Å². The fourth-order valence-electron chi connectivity index (χ4n) is 1.57. The van der Waals surface area contributed by atoms with Crippen LogP contribution in [0.2, 0.25) is 0 Å². The van der Waals surface area contributed by atoms with Crippen LogP contribution in [0, 0.1) is 11.6 Å². The van der Waals surface area contributed by atoms with Gasteiger partial charge < -0.3 is 5.32 Å². The summed E-state index contributed by atoms with van der Waals surface area (Å²) in [4.78, 5) is 11.8. The third-order valence-corrected chi connectivity index (χ3v) is 2.95. The maximum atomic E-state index is 13.1. The molecule has 2 aromatic rings. The summed E-state index contributed by atoms with van der Waals surface area (Å²) in [7, 11) is 0. The third-order valence-electron chi connectivity index (χ3n) is 2.49. The average molecular weight is 326 g/mol. The molecule has 0 atom stereocenters. The van der Waals surface area contributed by atoms with Gasteiger partial charge in [0.15, 0.2) is 0 Å². The summed E-state index contributed by atoms with van der Waals surface area (Å²) in [5.41, 5.74) is 0.999. The van der Waals surface area contributed by atoms with Gasteiger partial charge in [-0.25, -0.2) is 8.78 Å². The van der Waals surface area contributed by atoms with E-state index in [1.807, 2.05) is 0 Å². The lowest BCUT2D eigenvalue weighted by molar-refractivity contribution is 0.0950. The standard InChI is InChI=1S/C14H10BrF2NO/c15-11-5-10(6-13(17)7-11)14(19)18-8-9-1-3-12(16)4-2-9/h1-7H,8H2,(H,18,19). The van der Waals surface area contributed by atoms with E-state index in [2.05, 4.69) is 21.2 Å². The summed E-state index contributed by atoms with van der Waals surface area (Å²) in [5.74, 6) is -1.20. The van der Waals surface area contributed by atoms with Crippen molar-refractivity contribution >= 4 is 21.8 Å². The Kier molecular flexibility index (Phi) is 4.27. The van der Waals surface area contributed by atoms with Gasteiger partial charge in [-0.3, -0.25) is 4.79 Å². The molecular weight excluding hydrogens is 316 g/mol. The van der Waals surface area contributed by atoms with Crippen LogP contribution in [0.3, 0.4) is 0 Å². The number of amides is 1. The molecule has 2 aromatic carbocycles. The minimum atomic E-state index is -0.485. The van der Waals surface area contributed by atoms with Crippen molar-refractivity contribution in [1.29, 1.82) is 0 Å². The zero-order valence-corrected chi connectivity index (χ0v) is 11.4. The molecule has 0 radical (unpaired) electrons. The Hall–Kier alpha value is -1.75. The quantitative estimate of drug-likeness (QED) is 0.916. The van der Waals surface area contributed by atoms with Gasteiger partial charge in [-0.2, -0.15) is 0 Å². The number of carbonyl (C=O) groups excluding carboxylic acids is 1. The van der Waals surface area contributed by atoms with Gasteiger partial charge in [0.1, 0.15) is 11.6 Å². The van der Waals surface area contributed by atoms with Crippen LogP contribution in [0.1, 0.15) is 15.9 Å². The molecule has 1 N–H and O–H groups in total. The molecule has 1 amide bonds. The van der Waals surface area contributed by atoms with Gasteiger partial charge in [-0.05, 0) is 35.9 Å². The Morgan fingerprint density at radius 2 is 1.74 bits per heavy atom. The SMILES string of the molecule is O=C(NCc1ccc(F)cc1)c1cc(F)cc(Br)c1. The molecule has 0 bridgehead atoms. The molecule has 0 unspecified atom stereocenters. The summed E-state index contributed by atoms with van der Waals surface area (Å²) >= 11 is 3.12. The molecular formula is C14H10BrF2NO. The van der Waals surface area contributed by atoms with E-state index in [0.717, 1.165) is 11.6 Å². The zero-order chi connectivity index (χ0) is 13.8. The van der Waals surface area contributed by atoms with Crippen molar-refractivity contribution in [3.8, 4) is 0 Å². The highest BCUT2D eigenvalue weighted by atomic mass is 79.9. The molecule has 0 aromatic heterocycles. The van der Waals surface area contributed by atoms with E-state index < -0.39 is 5.82 Å². The van der Waals surface area contributed by atoms with Crippen molar-refractivity contribution in [2.24, 2.45) is 0 Å². The van der Waals surface area contributed by atoms with E-state index in [1.54, 1.807) is 12.1 Å². The fourth-order valence-corrected chi connectivity index (χ4v) is 2.04. The summed E-state index contributed by atoms with van der Waals surface area (Å²) in [6.45, 7) is 0.257. The maximum Gasteiger partial charge on any atom is 0.251 e. The molecule has 0 aliphatic carbocycles. The van der Waals surface area contributed by atoms with Gasteiger partial charge in [-0.15, -0.1) is 0 Å². The first-order valence-corrected chi connectivity index (χ1v) is 6.32. The van der Waals surface area contributed by atoms with Gasteiger partial charge in [0.2, 0.25) is 0 Å². The van der Waals surface area contributed by atoms with Crippen LogP contribution >= 0.6 is 15.9 Å². The maximum absolute atomic E-state index is 13.1. The van der Waals surface area contributed by atoms with Gasteiger partial charge in [0.25, 0.3) is 5.91 Å². The second-order valence-electron chi connectivity index (χ2n) is 3.97. The van der Waals surface area contributed by atoms with Crippen molar-refractivity contribution in [1.82, 2.24) is 5.32 Å². The predicted molar refractivity (Wildman–Crippen MR) is 71.7 cm³/mol. The summed E-state index contributed by atoms with van der Waals surface area (Å²) in [5, 5.41) is 2.64. The lowest BCUT2D eigenvalue weighted by Crippen LogP contribution is -2.22. The summed E-state index contributed by atoms with van der Waals surface area (Å²) in [6.07, 6.45) is 0. The van der Waals surface area contributed by atoms with E-state index in [-0.39, 0.29) is 23.8 Å². The predicted octanol–water partition coefficient (Wildman–Crippen LogP) is 3.66. The fraction of sp³-hybridized carbons (Fsp3) is 0.0714. The van der Waals surface area contributed by atoms with Crippen molar-refractivity contribution in [2.45, 2.75) is 6.54 Å². The van der Waals surface area contributed by atoms with Crippen molar-refractivity contribution < 1.29 is 13.6 Å². The van der Waals surface area contributed by atoms with E-state index in [4.69, 9.17) is 0 Å². The second-order valence-corrected chi connectivity index (χ2v) is 4.88. The number of nitrogens with one attached hydrogen (secondary N) is 1. The van der Waals surface area contributed by atoms with Crippen LogP contribution in [0.4, 0.5) is 8.78 Å². The summed E-state index contributed by atoms with van der Waals surface area (Å²) < 4.78 is 26.3. The Bertz CT molecular complexity index is 579. The molecule has 0 spiro atoms. The number of halogens is 3. The highest BCUT2D eigenvalue weighted by Crippen LogP contribution is 2.15. The van der Waals surface area contributed by atoms with Crippen LogP contribution in [0.25, 0.3) is 0 Å². The molecule has 0 fully saturated rings. The number of carbonyl (C=O) groups is 1. The smallest absolute Gasteiger partial charge is 0.251 e. The first kappa shape index (κ1) is 13.7. The molecule has 0 saturated carbocycles. The second kappa shape index (κ2) is 5.93. The molecule has 0 heterocycles. The normalized spacial score (nSPS) is 10.3. The average Bonchev–Trinajstić information content (AvgIpc) is 2.36. The van der Waals surface area contributed by atoms with Crippen LogP contribution < -0.4 is 5.32 Å². The van der Waals surface area contributed by atoms with Gasteiger partial charge in [0.05, 0.1) is 0 Å². The molecule has 98 valence electrons. The lowest BCUT2D eigenvalue weighted by atomic mass is 10.2. The number of rotatable bonds is 3. The molecule has 0 aliphatic rings. The zero-order valence-electron chi connectivity index (χ0n) is 9.79. The molecule has 0 saturated heterocycles. The summed E-state index contributed by atoms with van der Waals surface area (Å²) in [6, 6.07) is 9.76. The molecule has 2 nitrogen and oxygen atoms in total. The Balaban J connectivity index is 2.03. The van der Waals surface area contributed by atoms with E-state index in [9.17, 15) is 13.6 Å². The van der Waals surface area contributed by atoms with Crippen molar-refractivity contribution in [3.63, 3.8) is 0 Å². The topological polar surface area (TPSA) is 29.1 Å². The Morgan fingerprint density at radius 1 is 1.05 bits per heavy atom. The number of benzene rings is 2. The molecule has 2 rings (SSSR count). The van der Waals surface area contributed by atoms with Gasteiger partial charge in [-0.1, -0.05) is 28.1 Å². The van der Waals surface area contributed by atoms with Crippen LogP contribution in [0.15, 0.2) is 46.9 Å². The number of hydrogen-bond donors (Lipinski definition) is 1. The van der Waals surface area contributed by atoms with Crippen LogP contribution in [0.5, 0.6) is 0 Å². The lowest BCUT2D eigenvalue weighted by Gasteiger charge is -2.06. The molecule has 19 heavy (non-hydrogen) atoms. The van der Waals surface area contributed by atoms with Crippen LogP contribution in [-0.4, -0.2) is 5.91 Å². The monoisotopic (exact) mass is 325 g/mol. The van der Waals surface area contributed by atoms with E-state index in [1.165, 1.54) is 24.3 Å². The first-order valence-electron chi connectivity index (χ1n) is 5.53. The highest BCUT2D eigenvalue weighted by Gasteiger charge is 2.08. The Morgan fingerprint density at radius 3 is 2.37 bits per heavy atom. The Labute approximate surface area is 117 Å². The minimum absolute atomic E-state index is 0.231. The number of hydrogen-bond acceptors (Lipinski definition) is 1. The van der Waals surface area contributed by atoms with Gasteiger partial charge in [0, 0.05) is 16.6 Å². The van der Waals surface area contributed by atoms with Gasteiger partial charge >= 0.3 is 0 Å². The third kappa shape index (κ3) is 3.86. The first-order chi connectivity index (χ1) is 9.04. The molecule has 5 heteroatoms. The molecule has 0 aliphatic heterocycles.